The predicted octanol–water partition coefficient (Wildman–Crippen LogP) is 2.38. The SMILES string of the molecule is Cc1ccccc1S(=O)(=O)NC1CCC(C(=O)N2CCN(C(C)C)CC2)CC1. The van der Waals surface area contributed by atoms with E-state index in [1.54, 1.807) is 12.1 Å². The van der Waals surface area contributed by atoms with Gasteiger partial charge in [-0.3, -0.25) is 9.69 Å². The highest BCUT2D eigenvalue weighted by Crippen LogP contribution is 2.28. The summed E-state index contributed by atoms with van der Waals surface area (Å²) in [5, 5.41) is 0. The second-order valence-corrected chi connectivity index (χ2v) is 10.1. The van der Waals surface area contributed by atoms with Crippen molar-refractivity contribution in [1.82, 2.24) is 14.5 Å². The lowest BCUT2D eigenvalue weighted by molar-refractivity contribution is -0.138. The van der Waals surface area contributed by atoms with Crippen LogP contribution in [0.5, 0.6) is 0 Å². The normalized spacial score (nSPS) is 24.5. The summed E-state index contributed by atoms with van der Waals surface area (Å²) in [5.74, 6) is 0.286. The van der Waals surface area contributed by atoms with Crippen molar-refractivity contribution in [3.63, 3.8) is 0 Å². The third-order valence-electron chi connectivity index (χ3n) is 6.14. The number of rotatable bonds is 5. The number of sulfonamides is 1. The molecule has 0 unspecified atom stereocenters. The van der Waals surface area contributed by atoms with Crippen LogP contribution < -0.4 is 4.72 Å². The largest absolute Gasteiger partial charge is 0.340 e. The molecule has 0 radical (unpaired) electrons. The Morgan fingerprint density at radius 2 is 1.64 bits per heavy atom. The molecule has 7 heteroatoms. The third kappa shape index (κ3) is 4.93. The van der Waals surface area contributed by atoms with E-state index >= 15 is 0 Å². The first-order chi connectivity index (χ1) is 13.3. The summed E-state index contributed by atoms with van der Waals surface area (Å²) >= 11 is 0. The van der Waals surface area contributed by atoms with Gasteiger partial charge in [-0.05, 0) is 58.1 Å². The molecule has 0 aromatic heterocycles. The number of piperazine rings is 1. The molecule has 1 amide bonds. The number of nitrogens with one attached hydrogen (secondary N) is 1. The van der Waals surface area contributed by atoms with Crippen LogP contribution in [0.1, 0.15) is 45.1 Å². The predicted molar refractivity (Wildman–Crippen MR) is 111 cm³/mol. The van der Waals surface area contributed by atoms with Crippen LogP contribution in [0.25, 0.3) is 0 Å². The van der Waals surface area contributed by atoms with Crippen LogP contribution >= 0.6 is 0 Å². The zero-order chi connectivity index (χ0) is 20.3. The van der Waals surface area contributed by atoms with Crippen LogP contribution in [0.15, 0.2) is 29.2 Å². The lowest BCUT2D eigenvalue weighted by Crippen LogP contribution is -2.52. The Hall–Kier alpha value is -1.44. The summed E-state index contributed by atoms with van der Waals surface area (Å²) in [6, 6.07) is 7.47. The zero-order valence-electron chi connectivity index (χ0n) is 17.2. The summed E-state index contributed by atoms with van der Waals surface area (Å²) in [6.45, 7) is 9.67. The van der Waals surface area contributed by atoms with E-state index in [0.29, 0.717) is 23.8 Å². The maximum atomic E-state index is 12.9. The Kier molecular flexibility index (Phi) is 6.78. The summed E-state index contributed by atoms with van der Waals surface area (Å²) in [4.78, 5) is 17.6. The van der Waals surface area contributed by atoms with Crippen LogP contribution in [0.3, 0.4) is 0 Å². The molecular weight excluding hydrogens is 374 g/mol. The van der Waals surface area contributed by atoms with E-state index in [2.05, 4.69) is 23.5 Å². The maximum Gasteiger partial charge on any atom is 0.241 e. The molecule has 1 heterocycles. The Balaban J connectivity index is 1.51. The Labute approximate surface area is 169 Å². The van der Waals surface area contributed by atoms with E-state index in [0.717, 1.165) is 44.6 Å². The van der Waals surface area contributed by atoms with Gasteiger partial charge in [-0.1, -0.05) is 18.2 Å². The quantitative estimate of drug-likeness (QED) is 0.814. The molecule has 2 fully saturated rings. The number of nitrogens with zero attached hydrogens (tertiary/aromatic N) is 2. The highest BCUT2D eigenvalue weighted by atomic mass is 32.2. The number of carbonyl (C=O) groups is 1. The molecule has 1 N–H and O–H groups in total. The first-order valence-electron chi connectivity index (χ1n) is 10.4. The van der Waals surface area contributed by atoms with Gasteiger partial charge >= 0.3 is 0 Å². The minimum Gasteiger partial charge on any atom is -0.340 e. The number of hydrogen-bond donors (Lipinski definition) is 1. The molecule has 0 atom stereocenters. The average Bonchev–Trinajstić information content (AvgIpc) is 2.68. The molecule has 2 aliphatic rings. The number of carbonyl (C=O) groups excluding carboxylic acids is 1. The van der Waals surface area contributed by atoms with Crippen molar-refractivity contribution in [2.24, 2.45) is 5.92 Å². The standard InChI is InChI=1S/C21H33N3O3S/c1-16(2)23-12-14-24(15-13-23)21(25)18-8-10-19(11-9-18)22-28(26,27)20-7-5-4-6-17(20)3/h4-7,16,18-19,22H,8-15H2,1-3H3. The van der Waals surface area contributed by atoms with Crippen molar-refractivity contribution < 1.29 is 13.2 Å². The number of hydrogen-bond acceptors (Lipinski definition) is 4. The molecule has 1 aliphatic heterocycles. The number of benzene rings is 1. The molecule has 0 spiro atoms. The molecule has 28 heavy (non-hydrogen) atoms. The van der Waals surface area contributed by atoms with Crippen LogP contribution in [0.2, 0.25) is 0 Å². The van der Waals surface area contributed by atoms with E-state index < -0.39 is 10.0 Å². The molecule has 156 valence electrons. The van der Waals surface area contributed by atoms with Gasteiger partial charge in [0.15, 0.2) is 0 Å². The number of aryl methyl sites for hydroxylation is 1. The second kappa shape index (κ2) is 8.93. The van der Waals surface area contributed by atoms with E-state index in [9.17, 15) is 13.2 Å². The Morgan fingerprint density at radius 3 is 2.21 bits per heavy atom. The summed E-state index contributed by atoms with van der Waals surface area (Å²) < 4.78 is 28.2. The highest BCUT2D eigenvalue weighted by molar-refractivity contribution is 7.89. The van der Waals surface area contributed by atoms with E-state index in [-0.39, 0.29) is 17.9 Å². The van der Waals surface area contributed by atoms with Crippen LogP contribution in [-0.2, 0) is 14.8 Å². The Morgan fingerprint density at radius 1 is 1.04 bits per heavy atom. The second-order valence-electron chi connectivity index (χ2n) is 8.39. The number of amides is 1. The van der Waals surface area contributed by atoms with Crippen LogP contribution in [-0.4, -0.2) is 62.4 Å². The first kappa shape index (κ1) is 21.3. The highest BCUT2D eigenvalue weighted by Gasteiger charge is 2.33. The topological polar surface area (TPSA) is 69.7 Å². The summed E-state index contributed by atoms with van der Waals surface area (Å²) in [7, 11) is -3.51. The summed E-state index contributed by atoms with van der Waals surface area (Å²) in [5.41, 5.74) is 0.749. The Bertz CT molecular complexity index is 778. The monoisotopic (exact) mass is 407 g/mol. The van der Waals surface area contributed by atoms with Crippen molar-refractivity contribution in [1.29, 1.82) is 0 Å². The van der Waals surface area contributed by atoms with Gasteiger partial charge in [0.2, 0.25) is 15.9 Å². The molecule has 1 aromatic carbocycles. The van der Waals surface area contributed by atoms with Crippen LogP contribution in [0, 0.1) is 12.8 Å². The van der Waals surface area contributed by atoms with Gasteiger partial charge in [0, 0.05) is 44.2 Å². The minimum absolute atomic E-state index is 0.0322. The van der Waals surface area contributed by atoms with Gasteiger partial charge in [0.1, 0.15) is 0 Å². The molecule has 1 saturated heterocycles. The van der Waals surface area contributed by atoms with Crippen LogP contribution in [0.4, 0.5) is 0 Å². The van der Waals surface area contributed by atoms with E-state index in [1.165, 1.54) is 0 Å². The van der Waals surface area contributed by atoms with Gasteiger partial charge in [-0.25, -0.2) is 13.1 Å². The smallest absolute Gasteiger partial charge is 0.241 e. The first-order valence-corrected chi connectivity index (χ1v) is 11.9. The fourth-order valence-electron chi connectivity index (χ4n) is 4.32. The van der Waals surface area contributed by atoms with Crippen molar-refractivity contribution >= 4 is 15.9 Å². The van der Waals surface area contributed by atoms with E-state index in [1.807, 2.05) is 24.0 Å². The molecule has 1 saturated carbocycles. The van der Waals surface area contributed by atoms with E-state index in [4.69, 9.17) is 0 Å². The average molecular weight is 408 g/mol. The molecule has 6 nitrogen and oxygen atoms in total. The van der Waals surface area contributed by atoms with Crippen molar-refractivity contribution in [3.05, 3.63) is 29.8 Å². The molecular formula is C21H33N3O3S. The lowest BCUT2D eigenvalue weighted by atomic mass is 9.85. The maximum absolute atomic E-state index is 12.9. The van der Waals surface area contributed by atoms with Gasteiger partial charge in [-0.2, -0.15) is 0 Å². The molecule has 0 bridgehead atoms. The van der Waals surface area contributed by atoms with Crippen molar-refractivity contribution in [2.45, 2.75) is 63.4 Å². The molecule has 3 rings (SSSR count). The van der Waals surface area contributed by atoms with Gasteiger partial charge < -0.3 is 4.90 Å². The minimum atomic E-state index is -3.51. The van der Waals surface area contributed by atoms with Gasteiger partial charge in [0.25, 0.3) is 0 Å². The fourth-order valence-corrected chi connectivity index (χ4v) is 5.87. The van der Waals surface area contributed by atoms with Gasteiger partial charge in [0.05, 0.1) is 4.90 Å². The summed E-state index contributed by atoms with van der Waals surface area (Å²) in [6.07, 6.45) is 2.94. The lowest BCUT2D eigenvalue weighted by Gasteiger charge is -2.39. The fraction of sp³-hybridized carbons (Fsp3) is 0.667. The van der Waals surface area contributed by atoms with Crippen molar-refractivity contribution in [3.8, 4) is 0 Å². The molecule has 1 aromatic rings. The van der Waals surface area contributed by atoms with Gasteiger partial charge in [-0.15, -0.1) is 0 Å². The molecule has 1 aliphatic carbocycles. The third-order valence-corrected chi connectivity index (χ3v) is 7.82. The zero-order valence-corrected chi connectivity index (χ0v) is 18.0. The van der Waals surface area contributed by atoms with Crippen molar-refractivity contribution in [2.75, 3.05) is 26.2 Å².